The van der Waals surface area contributed by atoms with Gasteiger partial charge in [0, 0.05) is 37.7 Å². The van der Waals surface area contributed by atoms with E-state index in [4.69, 9.17) is 4.52 Å². The van der Waals surface area contributed by atoms with Crippen molar-refractivity contribution in [2.75, 3.05) is 26.2 Å². The van der Waals surface area contributed by atoms with E-state index < -0.39 is 0 Å². The average Bonchev–Trinajstić information content (AvgIpc) is 3.21. The number of nitrogens with one attached hydrogen (secondary N) is 2. The van der Waals surface area contributed by atoms with Gasteiger partial charge in [-0.2, -0.15) is 0 Å². The second-order valence-electron chi connectivity index (χ2n) is 7.69. The van der Waals surface area contributed by atoms with Crippen LogP contribution in [-0.2, 0) is 6.54 Å². The van der Waals surface area contributed by atoms with Crippen LogP contribution in [0, 0.1) is 5.92 Å². The van der Waals surface area contributed by atoms with Gasteiger partial charge in [-0.15, -0.1) is 24.0 Å². The highest BCUT2D eigenvalue weighted by molar-refractivity contribution is 14.0. The number of hydrogen-bond acceptors (Lipinski definition) is 4. The van der Waals surface area contributed by atoms with E-state index in [-0.39, 0.29) is 24.0 Å². The van der Waals surface area contributed by atoms with Crippen LogP contribution >= 0.6 is 24.0 Å². The van der Waals surface area contributed by atoms with E-state index >= 15 is 0 Å². The molecule has 1 unspecified atom stereocenters. The summed E-state index contributed by atoms with van der Waals surface area (Å²) in [6, 6.07) is 2.95. The van der Waals surface area contributed by atoms with Gasteiger partial charge in [-0.25, -0.2) is 4.99 Å². The first-order valence-electron chi connectivity index (χ1n) is 10.4. The maximum Gasteiger partial charge on any atom is 0.191 e. The fourth-order valence-electron chi connectivity index (χ4n) is 3.84. The summed E-state index contributed by atoms with van der Waals surface area (Å²) in [6.07, 6.45) is 6.29. The molecule has 2 N–H and O–H groups in total. The lowest BCUT2D eigenvalue weighted by Gasteiger charge is -2.16. The Labute approximate surface area is 180 Å². The molecule has 6 nitrogen and oxygen atoms in total. The molecule has 27 heavy (non-hydrogen) atoms. The maximum atomic E-state index is 5.48. The Morgan fingerprint density at radius 3 is 2.70 bits per heavy atom. The molecular weight excluding hydrogens is 453 g/mol. The van der Waals surface area contributed by atoms with E-state index in [2.05, 4.69) is 52.5 Å². The third-order valence-electron chi connectivity index (χ3n) is 5.66. The molecule has 0 amide bonds. The van der Waals surface area contributed by atoms with Crippen molar-refractivity contribution in [3.8, 4) is 0 Å². The van der Waals surface area contributed by atoms with Crippen LogP contribution in [0.3, 0.4) is 0 Å². The second kappa shape index (κ2) is 11.2. The lowest BCUT2D eigenvalue weighted by molar-refractivity contribution is 0.314. The molecule has 154 valence electrons. The minimum absolute atomic E-state index is 0. The zero-order valence-corrected chi connectivity index (χ0v) is 19.4. The van der Waals surface area contributed by atoms with Crippen LogP contribution in [0.4, 0.5) is 0 Å². The van der Waals surface area contributed by atoms with Crippen molar-refractivity contribution < 1.29 is 4.52 Å². The predicted octanol–water partition coefficient (Wildman–Crippen LogP) is 3.74. The van der Waals surface area contributed by atoms with Gasteiger partial charge < -0.3 is 20.1 Å². The van der Waals surface area contributed by atoms with Gasteiger partial charge in [-0.1, -0.05) is 19.0 Å². The monoisotopic (exact) mass is 489 g/mol. The number of hydrogen-bond donors (Lipinski definition) is 2. The standard InChI is InChI=1S/C20H35N5O.HI/c1-4-16(5-2)19-11-18(26-24-19)13-23-20(21-6-3)22-12-15-9-10-25(14-15)17-7-8-17;/h11,15-17H,4-10,12-14H2,1-3H3,(H2,21,22,23);1H. The van der Waals surface area contributed by atoms with Crippen molar-refractivity contribution in [2.45, 2.75) is 71.4 Å². The number of aliphatic imine (C=N–C) groups is 1. The molecule has 1 saturated carbocycles. The van der Waals surface area contributed by atoms with Crippen LogP contribution < -0.4 is 10.6 Å². The molecule has 2 fully saturated rings. The van der Waals surface area contributed by atoms with Crippen molar-refractivity contribution >= 4 is 29.9 Å². The molecule has 2 aliphatic rings. The van der Waals surface area contributed by atoms with Crippen molar-refractivity contribution in [3.05, 3.63) is 17.5 Å². The summed E-state index contributed by atoms with van der Waals surface area (Å²) in [6.45, 7) is 11.4. The zero-order chi connectivity index (χ0) is 18.4. The molecule has 2 heterocycles. The van der Waals surface area contributed by atoms with E-state index in [0.29, 0.717) is 12.5 Å². The summed E-state index contributed by atoms with van der Waals surface area (Å²) in [5, 5.41) is 11.1. The Hall–Kier alpha value is -0.830. The molecule has 1 aliphatic carbocycles. The minimum atomic E-state index is 0. The van der Waals surface area contributed by atoms with E-state index in [1.54, 1.807) is 0 Å². The number of aromatic nitrogens is 1. The van der Waals surface area contributed by atoms with E-state index in [1.165, 1.54) is 32.4 Å². The Morgan fingerprint density at radius 2 is 2.04 bits per heavy atom. The first-order chi connectivity index (χ1) is 12.7. The number of nitrogens with zero attached hydrogens (tertiary/aromatic N) is 3. The van der Waals surface area contributed by atoms with Crippen LogP contribution in [0.15, 0.2) is 15.6 Å². The van der Waals surface area contributed by atoms with Crippen molar-refractivity contribution in [2.24, 2.45) is 10.9 Å². The number of likely N-dealkylation sites (tertiary alicyclic amines) is 1. The number of guanidine groups is 1. The maximum absolute atomic E-state index is 5.48. The Bertz CT molecular complexity index is 583. The predicted molar refractivity (Wildman–Crippen MR) is 121 cm³/mol. The first kappa shape index (κ1) is 22.5. The molecule has 1 aromatic rings. The highest BCUT2D eigenvalue weighted by Crippen LogP contribution is 2.31. The summed E-state index contributed by atoms with van der Waals surface area (Å²) in [4.78, 5) is 7.34. The van der Waals surface area contributed by atoms with Gasteiger partial charge in [0.25, 0.3) is 0 Å². The Kier molecular flexibility index (Phi) is 9.35. The molecule has 1 aliphatic heterocycles. The Balaban J connectivity index is 0.00000261. The molecule has 3 rings (SSSR count). The molecule has 0 aromatic carbocycles. The third kappa shape index (κ3) is 6.62. The third-order valence-corrected chi connectivity index (χ3v) is 5.66. The van der Waals surface area contributed by atoms with Crippen LogP contribution in [0.1, 0.15) is 70.2 Å². The summed E-state index contributed by atoms with van der Waals surface area (Å²) in [5.74, 6) is 2.92. The van der Waals surface area contributed by atoms with Gasteiger partial charge in [-0.05, 0) is 51.5 Å². The van der Waals surface area contributed by atoms with Crippen molar-refractivity contribution in [1.29, 1.82) is 0 Å². The largest absolute Gasteiger partial charge is 0.359 e. The molecule has 7 heteroatoms. The summed E-state index contributed by atoms with van der Waals surface area (Å²) in [7, 11) is 0. The number of halogens is 1. The van der Waals surface area contributed by atoms with Crippen LogP contribution in [0.25, 0.3) is 0 Å². The van der Waals surface area contributed by atoms with Gasteiger partial charge in [0.1, 0.15) is 6.54 Å². The van der Waals surface area contributed by atoms with Crippen molar-refractivity contribution in [1.82, 2.24) is 20.7 Å². The summed E-state index contributed by atoms with van der Waals surface area (Å²) in [5.41, 5.74) is 1.06. The first-order valence-corrected chi connectivity index (χ1v) is 10.4. The summed E-state index contributed by atoms with van der Waals surface area (Å²) >= 11 is 0. The molecule has 0 radical (unpaired) electrons. The zero-order valence-electron chi connectivity index (χ0n) is 17.0. The topological polar surface area (TPSA) is 65.7 Å². The molecule has 1 aromatic heterocycles. The average molecular weight is 489 g/mol. The van der Waals surface area contributed by atoms with Crippen LogP contribution in [0.5, 0.6) is 0 Å². The summed E-state index contributed by atoms with van der Waals surface area (Å²) < 4.78 is 5.48. The molecule has 1 saturated heterocycles. The van der Waals surface area contributed by atoms with Gasteiger partial charge in [0.15, 0.2) is 11.7 Å². The highest BCUT2D eigenvalue weighted by Gasteiger charge is 2.34. The second-order valence-corrected chi connectivity index (χ2v) is 7.69. The molecule has 0 bridgehead atoms. The smallest absolute Gasteiger partial charge is 0.191 e. The molecular formula is C20H36IN5O. The lowest BCUT2D eigenvalue weighted by Crippen LogP contribution is -2.40. The van der Waals surface area contributed by atoms with E-state index in [1.807, 2.05) is 0 Å². The van der Waals surface area contributed by atoms with Gasteiger partial charge in [0.05, 0.1) is 5.69 Å². The minimum Gasteiger partial charge on any atom is -0.359 e. The lowest BCUT2D eigenvalue weighted by atomic mass is 9.99. The number of rotatable bonds is 9. The fourth-order valence-corrected chi connectivity index (χ4v) is 3.84. The normalized spacial score (nSPS) is 20.7. The van der Waals surface area contributed by atoms with Crippen molar-refractivity contribution in [3.63, 3.8) is 0 Å². The SMILES string of the molecule is CCNC(=NCc1cc(C(CC)CC)no1)NCC1CCN(C2CC2)C1.I. The van der Waals surface area contributed by atoms with Gasteiger partial charge >= 0.3 is 0 Å². The quantitative estimate of drug-likeness (QED) is 0.315. The van der Waals surface area contributed by atoms with Gasteiger partial charge in [0.2, 0.25) is 0 Å². The van der Waals surface area contributed by atoms with E-state index in [0.717, 1.165) is 55.3 Å². The molecule has 0 spiro atoms. The van der Waals surface area contributed by atoms with Crippen LogP contribution in [0.2, 0.25) is 0 Å². The fraction of sp³-hybridized carbons (Fsp3) is 0.800. The highest BCUT2D eigenvalue weighted by atomic mass is 127. The van der Waals surface area contributed by atoms with Crippen LogP contribution in [-0.4, -0.2) is 48.2 Å². The molecule has 1 atom stereocenters. The van der Waals surface area contributed by atoms with Gasteiger partial charge in [-0.3, -0.25) is 0 Å². The Morgan fingerprint density at radius 1 is 1.26 bits per heavy atom. The van der Waals surface area contributed by atoms with E-state index in [9.17, 15) is 0 Å².